The van der Waals surface area contributed by atoms with Crippen molar-refractivity contribution < 1.29 is 19.1 Å². The van der Waals surface area contributed by atoms with Crippen molar-refractivity contribution in [3.05, 3.63) is 77.1 Å². The van der Waals surface area contributed by atoms with E-state index in [4.69, 9.17) is 21.1 Å². The highest BCUT2D eigenvalue weighted by Gasteiger charge is 2.15. The molecule has 0 aliphatic carbocycles. The Morgan fingerprint density at radius 2 is 1.91 bits per heavy atom. The molecule has 0 atom stereocenters. The number of benzene rings is 2. The van der Waals surface area contributed by atoms with Gasteiger partial charge in [0.25, 0.3) is 0 Å². The third kappa shape index (κ3) is 7.34. The van der Waals surface area contributed by atoms with Crippen molar-refractivity contribution in [2.24, 2.45) is 0 Å². The smallest absolute Gasteiger partial charge is 0.337 e. The summed E-state index contributed by atoms with van der Waals surface area (Å²) in [7, 11) is 2.94. The SMILES string of the molecule is C=CCn1c(CCCc2ccc(OC)cc2)nnc1SCC(=O)Nc1cc(C(=O)OC)ccc1Cl. The molecule has 35 heavy (non-hydrogen) atoms. The molecule has 0 saturated heterocycles. The Bertz CT molecular complexity index is 1180. The van der Waals surface area contributed by atoms with Gasteiger partial charge in [-0.05, 0) is 48.7 Å². The summed E-state index contributed by atoms with van der Waals surface area (Å²) in [5, 5.41) is 12.3. The van der Waals surface area contributed by atoms with E-state index in [2.05, 4.69) is 34.2 Å². The van der Waals surface area contributed by atoms with Crippen molar-refractivity contribution in [1.29, 1.82) is 0 Å². The van der Waals surface area contributed by atoms with E-state index in [-0.39, 0.29) is 11.7 Å². The second-order valence-electron chi connectivity index (χ2n) is 7.52. The molecule has 184 valence electrons. The summed E-state index contributed by atoms with van der Waals surface area (Å²) >= 11 is 7.44. The fourth-order valence-electron chi connectivity index (χ4n) is 3.35. The third-order valence-corrected chi connectivity index (χ3v) is 6.42. The van der Waals surface area contributed by atoms with Crippen molar-refractivity contribution >= 4 is 40.9 Å². The highest BCUT2D eigenvalue weighted by atomic mass is 35.5. The number of aromatic nitrogens is 3. The molecular formula is C25H27ClN4O4S. The number of halogens is 1. The first-order valence-electron chi connectivity index (χ1n) is 10.9. The number of rotatable bonds is 12. The van der Waals surface area contributed by atoms with Gasteiger partial charge in [-0.1, -0.05) is 41.6 Å². The predicted molar refractivity (Wildman–Crippen MR) is 137 cm³/mol. The van der Waals surface area contributed by atoms with E-state index in [0.717, 1.165) is 30.8 Å². The first kappa shape index (κ1) is 26.3. The molecule has 0 fully saturated rings. The lowest BCUT2D eigenvalue weighted by Crippen LogP contribution is -2.16. The maximum absolute atomic E-state index is 12.5. The molecule has 1 amide bonds. The Kier molecular flexibility index (Phi) is 9.75. The fourth-order valence-corrected chi connectivity index (χ4v) is 4.28. The van der Waals surface area contributed by atoms with Gasteiger partial charge in [-0.3, -0.25) is 4.79 Å². The zero-order valence-electron chi connectivity index (χ0n) is 19.6. The van der Waals surface area contributed by atoms with Crippen molar-refractivity contribution in [3.8, 4) is 5.75 Å². The Morgan fingerprint density at radius 3 is 2.60 bits per heavy atom. The van der Waals surface area contributed by atoms with Gasteiger partial charge < -0.3 is 19.4 Å². The lowest BCUT2D eigenvalue weighted by Gasteiger charge is -2.10. The second-order valence-corrected chi connectivity index (χ2v) is 8.87. The van der Waals surface area contributed by atoms with Crippen LogP contribution in [-0.4, -0.2) is 46.6 Å². The number of aryl methyl sites for hydroxylation is 2. The molecule has 2 aromatic carbocycles. The summed E-state index contributed by atoms with van der Waals surface area (Å²) in [5.74, 6) is 0.982. The first-order valence-corrected chi connectivity index (χ1v) is 12.3. The monoisotopic (exact) mass is 514 g/mol. The summed E-state index contributed by atoms with van der Waals surface area (Å²) in [6.45, 7) is 4.37. The number of hydrogen-bond donors (Lipinski definition) is 1. The number of methoxy groups -OCH3 is 2. The van der Waals surface area contributed by atoms with Gasteiger partial charge in [-0.15, -0.1) is 16.8 Å². The number of thioether (sulfide) groups is 1. The van der Waals surface area contributed by atoms with E-state index in [1.807, 2.05) is 16.7 Å². The molecular weight excluding hydrogens is 488 g/mol. The molecule has 0 unspecified atom stereocenters. The van der Waals surface area contributed by atoms with E-state index in [1.165, 1.54) is 42.6 Å². The average molecular weight is 515 g/mol. The average Bonchev–Trinajstić information content (AvgIpc) is 3.25. The minimum Gasteiger partial charge on any atom is -0.497 e. The van der Waals surface area contributed by atoms with Gasteiger partial charge in [0.15, 0.2) is 5.16 Å². The highest BCUT2D eigenvalue weighted by Crippen LogP contribution is 2.25. The number of nitrogens with one attached hydrogen (secondary N) is 1. The van der Waals surface area contributed by atoms with Crippen LogP contribution < -0.4 is 10.1 Å². The number of carbonyl (C=O) groups excluding carboxylic acids is 2. The van der Waals surface area contributed by atoms with Crippen molar-refractivity contribution in [3.63, 3.8) is 0 Å². The Hall–Kier alpha value is -3.30. The van der Waals surface area contributed by atoms with Crippen molar-refractivity contribution in [2.75, 3.05) is 25.3 Å². The van der Waals surface area contributed by atoms with Gasteiger partial charge in [0.1, 0.15) is 11.6 Å². The normalized spacial score (nSPS) is 10.6. The van der Waals surface area contributed by atoms with Gasteiger partial charge >= 0.3 is 5.97 Å². The van der Waals surface area contributed by atoms with Crippen LogP contribution in [0.3, 0.4) is 0 Å². The summed E-state index contributed by atoms with van der Waals surface area (Å²) in [4.78, 5) is 24.3. The van der Waals surface area contributed by atoms with Crippen LogP contribution in [0.15, 0.2) is 60.3 Å². The molecule has 3 aromatic rings. The van der Waals surface area contributed by atoms with Gasteiger partial charge in [-0.2, -0.15) is 0 Å². The van der Waals surface area contributed by atoms with Gasteiger partial charge in [0.05, 0.1) is 36.2 Å². The molecule has 1 N–H and O–H groups in total. The van der Waals surface area contributed by atoms with E-state index in [0.29, 0.717) is 28.0 Å². The van der Waals surface area contributed by atoms with Crippen LogP contribution in [0.5, 0.6) is 5.75 Å². The molecule has 0 bridgehead atoms. The molecule has 0 radical (unpaired) electrons. The number of esters is 1. The summed E-state index contributed by atoms with van der Waals surface area (Å²) in [5.41, 5.74) is 1.86. The maximum atomic E-state index is 12.5. The second kappa shape index (κ2) is 13.0. The minimum atomic E-state index is -0.511. The number of carbonyl (C=O) groups is 2. The van der Waals surface area contributed by atoms with E-state index in [9.17, 15) is 9.59 Å². The zero-order chi connectivity index (χ0) is 25.2. The maximum Gasteiger partial charge on any atom is 0.337 e. The number of ether oxygens (including phenoxy) is 2. The van der Waals surface area contributed by atoms with Gasteiger partial charge in [0, 0.05) is 13.0 Å². The molecule has 1 aromatic heterocycles. The molecule has 1 heterocycles. The summed E-state index contributed by atoms with van der Waals surface area (Å²) in [6.07, 6.45) is 4.33. The highest BCUT2D eigenvalue weighted by molar-refractivity contribution is 7.99. The van der Waals surface area contributed by atoms with Crippen LogP contribution in [0, 0.1) is 0 Å². The number of hydrogen-bond acceptors (Lipinski definition) is 7. The van der Waals surface area contributed by atoms with E-state index < -0.39 is 5.97 Å². The van der Waals surface area contributed by atoms with Crippen LogP contribution in [0.1, 0.15) is 28.2 Å². The van der Waals surface area contributed by atoms with Gasteiger partial charge in [0.2, 0.25) is 5.91 Å². The van der Waals surface area contributed by atoms with Crippen molar-refractivity contribution in [2.45, 2.75) is 31.0 Å². The van der Waals surface area contributed by atoms with Crippen LogP contribution in [0.4, 0.5) is 5.69 Å². The zero-order valence-corrected chi connectivity index (χ0v) is 21.2. The van der Waals surface area contributed by atoms with Crippen LogP contribution in [0.2, 0.25) is 5.02 Å². The topological polar surface area (TPSA) is 95.3 Å². The largest absolute Gasteiger partial charge is 0.497 e. The standard InChI is InChI=1S/C25H27ClN4O4S/c1-4-14-30-22(7-5-6-17-8-11-19(33-2)12-9-17)28-29-25(30)35-16-23(31)27-21-15-18(24(32)34-3)10-13-20(21)26/h4,8-13,15H,1,5-7,14,16H2,2-3H3,(H,27,31). The Balaban J connectivity index is 1.58. The Morgan fingerprint density at radius 1 is 1.14 bits per heavy atom. The molecule has 3 rings (SSSR count). The van der Waals surface area contributed by atoms with Crippen LogP contribution in [0.25, 0.3) is 0 Å². The minimum absolute atomic E-state index is 0.0971. The van der Waals surface area contributed by atoms with E-state index >= 15 is 0 Å². The van der Waals surface area contributed by atoms with Gasteiger partial charge in [-0.25, -0.2) is 4.79 Å². The van der Waals surface area contributed by atoms with Crippen LogP contribution in [-0.2, 0) is 28.9 Å². The molecule has 8 nitrogen and oxygen atoms in total. The number of allylic oxidation sites excluding steroid dienone is 1. The molecule has 0 saturated carbocycles. The third-order valence-electron chi connectivity index (χ3n) is 5.12. The first-order chi connectivity index (χ1) is 16.9. The van der Waals surface area contributed by atoms with E-state index in [1.54, 1.807) is 13.2 Å². The summed E-state index contributed by atoms with van der Waals surface area (Å²) in [6, 6.07) is 12.6. The predicted octanol–water partition coefficient (Wildman–Crippen LogP) is 4.82. The van der Waals surface area contributed by atoms with Crippen LogP contribution >= 0.6 is 23.4 Å². The number of anilines is 1. The fraction of sp³-hybridized carbons (Fsp3) is 0.280. The van der Waals surface area contributed by atoms with Crippen molar-refractivity contribution in [1.82, 2.24) is 14.8 Å². The molecule has 0 aliphatic rings. The molecule has 0 spiro atoms. The number of amides is 1. The lowest BCUT2D eigenvalue weighted by atomic mass is 10.1. The quantitative estimate of drug-likeness (QED) is 0.210. The molecule has 0 aliphatic heterocycles. The Labute approximate surface area is 213 Å². The molecule has 10 heteroatoms. The summed E-state index contributed by atoms with van der Waals surface area (Å²) < 4.78 is 11.9. The lowest BCUT2D eigenvalue weighted by molar-refractivity contribution is -0.113. The number of nitrogens with zero attached hydrogens (tertiary/aromatic N) is 3.